The van der Waals surface area contributed by atoms with Crippen LogP contribution in [0.4, 0.5) is 5.69 Å². The van der Waals surface area contributed by atoms with Gasteiger partial charge in [-0.05, 0) is 36.0 Å². The maximum Gasteiger partial charge on any atom is 0.250 e. The van der Waals surface area contributed by atoms with E-state index < -0.39 is 0 Å². The summed E-state index contributed by atoms with van der Waals surface area (Å²) >= 11 is 5.06. The van der Waals surface area contributed by atoms with E-state index in [2.05, 4.69) is 16.7 Å². The van der Waals surface area contributed by atoms with Gasteiger partial charge < -0.3 is 5.32 Å². The summed E-state index contributed by atoms with van der Waals surface area (Å²) in [7, 11) is 0. The van der Waals surface area contributed by atoms with Crippen molar-refractivity contribution in [1.29, 1.82) is 5.26 Å². The lowest BCUT2D eigenvalue weighted by molar-refractivity contribution is -0.115. The third-order valence-electron chi connectivity index (χ3n) is 2.76. The van der Waals surface area contributed by atoms with Gasteiger partial charge in [0.25, 0.3) is 0 Å². The van der Waals surface area contributed by atoms with Crippen LogP contribution in [-0.4, -0.2) is 11.0 Å². The van der Waals surface area contributed by atoms with E-state index in [9.17, 15) is 4.79 Å². The predicted molar refractivity (Wildman–Crippen MR) is 91.0 cm³/mol. The molecule has 0 saturated carbocycles. The molecule has 4 nitrogen and oxygen atoms in total. The van der Waals surface area contributed by atoms with Gasteiger partial charge in [-0.25, -0.2) is 0 Å². The highest BCUT2D eigenvalue weighted by atomic mass is 32.1. The first-order valence-corrected chi connectivity index (χ1v) is 6.94. The van der Waals surface area contributed by atoms with Crippen LogP contribution in [0.5, 0.6) is 0 Å². The van der Waals surface area contributed by atoms with Crippen LogP contribution in [0.2, 0.25) is 0 Å². The maximum atomic E-state index is 11.8. The molecule has 0 aromatic heterocycles. The zero-order valence-corrected chi connectivity index (χ0v) is 12.4. The molecule has 2 rings (SSSR count). The third kappa shape index (κ3) is 4.54. The number of rotatable bonds is 3. The summed E-state index contributed by atoms with van der Waals surface area (Å²) in [5.41, 5.74) is 1.94. The summed E-state index contributed by atoms with van der Waals surface area (Å²) < 4.78 is 0. The Bertz CT molecular complexity index is 748. The number of benzene rings is 2. The van der Waals surface area contributed by atoms with E-state index in [1.807, 2.05) is 30.3 Å². The average Bonchev–Trinajstić information content (AvgIpc) is 2.54. The van der Waals surface area contributed by atoms with Crippen molar-refractivity contribution in [2.24, 2.45) is 0 Å². The molecule has 0 heterocycles. The number of anilines is 1. The molecule has 5 heteroatoms. The van der Waals surface area contributed by atoms with Crippen molar-refractivity contribution in [3.63, 3.8) is 0 Å². The lowest BCUT2D eigenvalue weighted by Crippen LogP contribution is -2.33. The minimum absolute atomic E-state index is 0.144. The molecule has 0 aliphatic heterocycles. The zero-order valence-electron chi connectivity index (χ0n) is 11.6. The lowest BCUT2D eigenvalue weighted by Gasteiger charge is -2.09. The molecule has 0 fully saturated rings. The average molecular weight is 307 g/mol. The van der Waals surface area contributed by atoms with Crippen LogP contribution >= 0.6 is 12.2 Å². The smallest absolute Gasteiger partial charge is 0.250 e. The summed E-state index contributed by atoms with van der Waals surface area (Å²) in [6.07, 6.45) is 3.10. The minimum atomic E-state index is -0.337. The standard InChI is InChI=1S/C17H13N3OS/c18-12-14-8-4-5-9-15(14)19-17(22)20-16(21)11-10-13-6-2-1-3-7-13/h1-11H,(H2,19,20,21,22). The second-order valence-electron chi connectivity index (χ2n) is 4.34. The largest absolute Gasteiger partial charge is 0.331 e. The molecule has 0 aliphatic carbocycles. The summed E-state index contributed by atoms with van der Waals surface area (Å²) in [5.74, 6) is -0.337. The van der Waals surface area contributed by atoms with E-state index in [0.29, 0.717) is 11.3 Å². The molecule has 0 atom stereocenters. The van der Waals surface area contributed by atoms with Gasteiger partial charge in [0.05, 0.1) is 11.3 Å². The van der Waals surface area contributed by atoms with Crippen molar-refractivity contribution in [3.05, 3.63) is 71.8 Å². The number of para-hydroxylation sites is 1. The number of nitrogens with one attached hydrogen (secondary N) is 2. The van der Waals surface area contributed by atoms with Crippen molar-refractivity contribution >= 4 is 35.0 Å². The van der Waals surface area contributed by atoms with Crippen LogP contribution in [0.15, 0.2) is 60.7 Å². The highest BCUT2D eigenvalue weighted by Crippen LogP contribution is 2.13. The summed E-state index contributed by atoms with van der Waals surface area (Å²) in [4.78, 5) is 11.8. The second-order valence-corrected chi connectivity index (χ2v) is 4.75. The van der Waals surface area contributed by atoms with Crippen molar-refractivity contribution < 1.29 is 4.79 Å². The Labute approximate surface area is 134 Å². The van der Waals surface area contributed by atoms with Gasteiger partial charge in [-0.1, -0.05) is 42.5 Å². The van der Waals surface area contributed by atoms with Gasteiger partial charge in [-0.3, -0.25) is 10.1 Å². The molecule has 0 radical (unpaired) electrons. The van der Waals surface area contributed by atoms with E-state index in [0.717, 1.165) is 5.56 Å². The minimum Gasteiger partial charge on any atom is -0.331 e. The Kier molecular flexibility index (Phi) is 5.41. The van der Waals surface area contributed by atoms with Crippen molar-refractivity contribution in [3.8, 4) is 6.07 Å². The van der Waals surface area contributed by atoms with E-state index in [1.165, 1.54) is 6.08 Å². The quantitative estimate of drug-likeness (QED) is 0.675. The molecule has 0 aliphatic rings. The Morgan fingerprint density at radius 1 is 1.09 bits per heavy atom. The van der Waals surface area contributed by atoms with Crippen LogP contribution in [0, 0.1) is 11.3 Å². The lowest BCUT2D eigenvalue weighted by atomic mass is 10.2. The highest BCUT2D eigenvalue weighted by molar-refractivity contribution is 7.80. The van der Waals surface area contributed by atoms with E-state index in [-0.39, 0.29) is 11.0 Å². The Balaban J connectivity index is 1.93. The number of hydrogen-bond acceptors (Lipinski definition) is 3. The first kappa shape index (κ1) is 15.4. The number of hydrogen-bond donors (Lipinski definition) is 2. The van der Waals surface area contributed by atoms with E-state index in [1.54, 1.807) is 30.3 Å². The fourth-order valence-corrected chi connectivity index (χ4v) is 1.94. The van der Waals surface area contributed by atoms with E-state index in [4.69, 9.17) is 17.5 Å². The molecule has 0 spiro atoms. The van der Waals surface area contributed by atoms with Gasteiger partial charge in [0, 0.05) is 6.08 Å². The molecule has 0 bridgehead atoms. The molecule has 0 saturated heterocycles. The monoisotopic (exact) mass is 307 g/mol. The number of carbonyl (C=O) groups is 1. The number of nitriles is 1. The van der Waals surface area contributed by atoms with Crippen molar-refractivity contribution in [2.45, 2.75) is 0 Å². The highest BCUT2D eigenvalue weighted by Gasteiger charge is 2.04. The molecule has 2 aromatic rings. The van der Waals surface area contributed by atoms with Crippen LogP contribution in [0.25, 0.3) is 6.08 Å². The summed E-state index contributed by atoms with van der Waals surface area (Å²) in [6.45, 7) is 0. The van der Waals surface area contributed by atoms with Gasteiger partial charge in [0.2, 0.25) is 5.91 Å². The molecule has 22 heavy (non-hydrogen) atoms. The van der Waals surface area contributed by atoms with Gasteiger partial charge in [-0.15, -0.1) is 0 Å². The first-order valence-electron chi connectivity index (χ1n) is 6.53. The van der Waals surface area contributed by atoms with Crippen molar-refractivity contribution in [2.75, 3.05) is 5.32 Å². The SMILES string of the molecule is N#Cc1ccccc1NC(=S)NC(=O)C=Cc1ccccc1. The van der Waals surface area contributed by atoms with Gasteiger partial charge in [-0.2, -0.15) is 5.26 Å². The molecular weight excluding hydrogens is 294 g/mol. The zero-order chi connectivity index (χ0) is 15.8. The molecule has 0 unspecified atom stereocenters. The number of carbonyl (C=O) groups excluding carboxylic acids is 1. The van der Waals surface area contributed by atoms with Crippen LogP contribution in [0.1, 0.15) is 11.1 Å². The molecule has 2 N–H and O–H groups in total. The predicted octanol–water partition coefficient (Wildman–Crippen LogP) is 3.08. The number of amides is 1. The molecule has 2 aromatic carbocycles. The fraction of sp³-hybridized carbons (Fsp3) is 0. The van der Waals surface area contributed by atoms with Crippen LogP contribution in [-0.2, 0) is 4.79 Å². The Hall–Kier alpha value is -2.97. The molecular formula is C17H13N3OS. The molecule has 108 valence electrons. The van der Waals surface area contributed by atoms with Gasteiger partial charge >= 0.3 is 0 Å². The third-order valence-corrected chi connectivity index (χ3v) is 2.96. The Morgan fingerprint density at radius 3 is 2.50 bits per heavy atom. The summed E-state index contributed by atoms with van der Waals surface area (Å²) in [5, 5.41) is 14.5. The first-order chi connectivity index (χ1) is 10.7. The molecule has 1 amide bonds. The normalized spacial score (nSPS) is 9.95. The van der Waals surface area contributed by atoms with Gasteiger partial charge in [0.1, 0.15) is 6.07 Å². The van der Waals surface area contributed by atoms with Crippen molar-refractivity contribution in [1.82, 2.24) is 5.32 Å². The summed E-state index contributed by atoms with van der Waals surface area (Å²) in [6, 6.07) is 18.5. The van der Waals surface area contributed by atoms with Gasteiger partial charge in [0.15, 0.2) is 5.11 Å². The topological polar surface area (TPSA) is 64.9 Å². The van der Waals surface area contributed by atoms with E-state index >= 15 is 0 Å². The number of thiocarbonyl (C=S) groups is 1. The van der Waals surface area contributed by atoms with Crippen LogP contribution < -0.4 is 10.6 Å². The number of nitrogens with zero attached hydrogens (tertiary/aromatic N) is 1. The Morgan fingerprint density at radius 2 is 1.77 bits per heavy atom. The maximum absolute atomic E-state index is 11.8. The second kappa shape index (κ2) is 7.72. The fourth-order valence-electron chi connectivity index (χ4n) is 1.73. The van der Waals surface area contributed by atoms with Crippen LogP contribution in [0.3, 0.4) is 0 Å².